The lowest BCUT2D eigenvalue weighted by Crippen LogP contribution is -2.38. The standard InChI is InChI=1S/C14H20N6O/c1-11(2)20(9-12-5-3-4-6-16-12)14(21)10-19-8-13(7-15)17-18-19/h3-6,8,11H,7,9-10,15H2,1-2H3. The quantitative estimate of drug-likeness (QED) is 0.839. The fourth-order valence-corrected chi connectivity index (χ4v) is 1.96. The van der Waals surface area contributed by atoms with E-state index in [4.69, 9.17) is 5.73 Å². The first-order valence-corrected chi connectivity index (χ1v) is 6.88. The maximum Gasteiger partial charge on any atom is 0.244 e. The minimum absolute atomic E-state index is 0.0240. The predicted octanol–water partition coefficient (Wildman–Crippen LogP) is 0.569. The van der Waals surface area contributed by atoms with Crippen molar-refractivity contribution in [2.75, 3.05) is 0 Å². The third-order valence-corrected chi connectivity index (χ3v) is 3.09. The first-order chi connectivity index (χ1) is 10.1. The Labute approximate surface area is 123 Å². The summed E-state index contributed by atoms with van der Waals surface area (Å²) < 4.78 is 1.51. The summed E-state index contributed by atoms with van der Waals surface area (Å²) in [5.41, 5.74) is 7.02. The van der Waals surface area contributed by atoms with Crippen LogP contribution < -0.4 is 5.73 Å². The van der Waals surface area contributed by atoms with Crippen LogP contribution in [0.1, 0.15) is 25.2 Å². The van der Waals surface area contributed by atoms with Gasteiger partial charge in [0.1, 0.15) is 6.54 Å². The molecule has 0 aliphatic rings. The molecular formula is C14H20N6O. The van der Waals surface area contributed by atoms with E-state index < -0.39 is 0 Å². The lowest BCUT2D eigenvalue weighted by atomic mass is 10.2. The molecule has 0 saturated carbocycles. The summed E-state index contributed by atoms with van der Waals surface area (Å²) in [6.45, 7) is 4.91. The summed E-state index contributed by atoms with van der Waals surface area (Å²) in [5.74, 6) is -0.0240. The zero-order valence-corrected chi connectivity index (χ0v) is 12.3. The average Bonchev–Trinajstić information content (AvgIpc) is 2.93. The maximum absolute atomic E-state index is 12.4. The molecule has 2 aromatic heterocycles. The van der Waals surface area contributed by atoms with Gasteiger partial charge in [-0.2, -0.15) is 0 Å². The first kappa shape index (κ1) is 15.1. The van der Waals surface area contributed by atoms with Crippen LogP contribution in [0.3, 0.4) is 0 Å². The highest BCUT2D eigenvalue weighted by atomic mass is 16.2. The number of rotatable bonds is 6. The molecule has 2 rings (SSSR count). The largest absolute Gasteiger partial charge is 0.333 e. The second kappa shape index (κ2) is 6.94. The number of hydrogen-bond donors (Lipinski definition) is 1. The number of amides is 1. The number of hydrogen-bond acceptors (Lipinski definition) is 5. The lowest BCUT2D eigenvalue weighted by molar-refractivity contribution is -0.134. The Bertz CT molecular complexity index is 580. The molecule has 7 heteroatoms. The summed E-state index contributed by atoms with van der Waals surface area (Å²) in [5, 5.41) is 7.78. The van der Waals surface area contributed by atoms with Gasteiger partial charge in [0.2, 0.25) is 5.91 Å². The SMILES string of the molecule is CC(C)N(Cc1ccccn1)C(=O)Cn1cc(CN)nn1. The second-order valence-corrected chi connectivity index (χ2v) is 5.05. The van der Waals surface area contributed by atoms with Gasteiger partial charge in [0.25, 0.3) is 0 Å². The van der Waals surface area contributed by atoms with Crippen LogP contribution in [-0.4, -0.2) is 36.8 Å². The summed E-state index contributed by atoms with van der Waals surface area (Å²) in [4.78, 5) is 18.5. The molecule has 0 bridgehead atoms. The Kier molecular flexibility index (Phi) is 4.99. The maximum atomic E-state index is 12.4. The van der Waals surface area contributed by atoms with Crippen molar-refractivity contribution < 1.29 is 4.79 Å². The molecule has 1 amide bonds. The highest BCUT2D eigenvalue weighted by molar-refractivity contribution is 5.76. The van der Waals surface area contributed by atoms with Gasteiger partial charge in [0, 0.05) is 18.8 Å². The van der Waals surface area contributed by atoms with Gasteiger partial charge in [-0.15, -0.1) is 5.10 Å². The molecule has 2 N–H and O–H groups in total. The molecule has 0 saturated heterocycles. The summed E-state index contributed by atoms with van der Waals surface area (Å²) in [6.07, 6.45) is 3.42. The molecule has 0 aliphatic carbocycles. The number of aromatic nitrogens is 4. The van der Waals surface area contributed by atoms with Crippen LogP contribution >= 0.6 is 0 Å². The van der Waals surface area contributed by atoms with Gasteiger partial charge >= 0.3 is 0 Å². The fourth-order valence-electron chi connectivity index (χ4n) is 1.96. The topological polar surface area (TPSA) is 89.9 Å². The van der Waals surface area contributed by atoms with Gasteiger partial charge in [0.05, 0.1) is 24.1 Å². The number of nitrogens with zero attached hydrogens (tertiary/aromatic N) is 5. The van der Waals surface area contributed by atoms with E-state index in [1.54, 1.807) is 17.3 Å². The minimum atomic E-state index is -0.0240. The van der Waals surface area contributed by atoms with Crippen molar-refractivity contribution >= 4 is 5.91 Å². The molecule has 7 nitrogen and oxygen atoms in total. The average molecular weight is 288 g/mol. The third-order valence-electron chi connectivity index (χ3n) is 3.09. The second-order valence-electron chi connectivity index (χ2n) is 5.05. The molecule has 2 aromatic rings. The van der Waals surface area contributed by atoms with Crippen molar-refractivity contribution in [1.82, 2.24) is 24.9 Å². The molecule has 2 heterocycles. The molecule has 0 aliphatic heterocycles. The van der Waals surface area contributed by atoms with Crippen LogP contribution in [0, 0.1) is 0 Å². The van der Waals surface area contributed by atoms with Gasteiger partial charge in [-0.05, 0) is 26.0 Å². The van der Waals surface area contributed by atoms with E-state index in [0.29, 0.717) is 18.8 Å². The normalized spacial score (nSPS) is 10.9. The Morgan fingerprint density at radius 2 is 2.19 bits per heavy atom. The van der Waals surface area contributed by atoms with Crippen LogP contribution in [0.2, 0.25) is 0 Å². The molecule has 0 spiro atoms. The predicted molar refractivity (Wildman–Crippen MR) is 77.8 cm³/mol. The van der Waals surface area contributed by atoms with Gasteiger partial charge < -0.3 is 10.6 Å². The van der Waals surface area contributed by atoms with E-state index in [9.17, 15) is 4.79 Å². The van der Waals surface area contributed by atoms with Crippen LogP contribution in [0.4, 0.5) is 0 Å². The molecule has 0 atom stereocenters. The van der Waals surface area contributed by atoms with E-state index in [1.165, 1.54) is 4.68 Å². The number of carbonyl (C=O) groups is 1. The van der Waals surface area contributed by atoms with Crippen molar-refractivity contribution in [2.24, 2.45) is 5.73 Å². The third kappa shape index (κ3) is 4.09. The van der Waals surface area contributed by atoms with E-state index in [0.717, 1.165) is 5.69 Å². The van der Waals surface area contributed by atoms with Crippen molar-refractivity contribution in [3.05, 3.63) is 42.0 Å². The Balaban J connectivity index is 2.05. The zero-order valence-electron chi connectivity index (χ0n) is 12.3. The Morgan fingerprint density at radius 3 is 2.76 bits per heavy atom. The lowest BCUT2D eigenvalue weighted by Gasteiger charge is -2.26. The summed E-state index contributed by atoms with van der Waals surface area (Å²) in [7, 11) is 0. The molecule has 0 fully saturated rings. The number of pyridine rings is 1. The van der Waals surface area contributed by atoms with Gasteiger partial charge in [0.15, 0.2) is 0 Å². The van der Waals surface area contributed by atoms with E-state index in [2.05, 4.69) is 15.3 Å². The van der Waals surface area contributed by atoms with Crippen molar-refractivity contribution in [2.45, 2.75) is 39.5 Å². The Morgan fingerprint density at radius 1 is 1.38 bits per heavy atom. The minimum Gasteiger partial charge on any atom is -0.333 e. The van der Waals surface area contributed by atoms with Crippen LogP contribution in [0.25, 0.3) is 0 Å². The van der Waals surface area contributed by atoms with Crippen LogP contribution in [0.5, 0.6) is 0 Å². The van der Waals surface area contributed by atoms with E-state index in [-0.39, 0.29) is 18.5 Å². The van der Waals surface area contributed by atoms with Crippen molar-refractivity contribution in [3.8, 4) is 0 Å². The van der Waals surface area contributed by atoms with E-state index in [1.807, 2.05) is 32.0 Å². The molecular weight excluding hydrogens is 268 g/mol. The number of nitrogens with two attached hydrogens (primary N) is 1. The van der Waals surface area contributed by atoms with Crippen LogP contribution in [-0.2, 0) is 24.4 Å². The van der Waals surface area contributed by atoms with E-state index >= 15 is 0 Å². The van der Waals surface area contributed by atoms with Crippen LogP contribution in [0.15, 0.2) is 30.6 Å². The summed E-state index contributed by atoms with van der Waals surface area (Å²) >= 11 is 0. The Hall–Kier alpha value is -2.28. The fraction of sp³-hybridized carbons (Fsp3) is 0.429. The highest BCUT2D eigenvalue weighted by Crippen LogP contribution is 2.07. The monoisotopic (exact) mass is 288 g/mol. The van der Waals surface area contributed by atoms with Gasteiger partial charge in [-0.25, -0.2) is 4.68 Å². The van der Waals surface area contributed by atoms with Gasteiger partial charge in [-0.1, -0.05) is 11.3 Å². The smallest absolute Gasteiger partial charge is 0.244 e. The number of carbonyl (C=O) groups excluding carboxylic acids is 1. The van der Waals surface area contributed by atoms with Gasteiger partial charge in [-0.3, -0.25) is 9.78 Å². The van der Waals surface area contributed by atoms with Crippen molar-refractivity contribution in [3.63, 3.8) is 0 Å². The molecule has 0 radical (unpaired) electrons. The highest BCUT2D eigenvalue weighted by Gasteiger charge is 2.18. The first-order valence-electron chi connectivity index (χ1n) is 6.88. The summed E-state index contributed by atoms with van der Waals surface area (Å²) in [6, 6.07) is 5.76. The zero-order chi connectivity index (χ0) is 15.2. The molecule has 0 unspecified atom stereocenters. The molecule has 0 aromatic carbocycles. The molecule has 21 heavy (non-hydrogen) atoms. The van der Waals surface area contributed by atoms with Crippen molar-refractivity contribution in [1.29, 1.82) is 0 Å². The molecule has 112 valence electrons.